The highest BCUT2D eigenvalue weighted by atomic mass is 16.6. The SMILES string of the molecule is O=C(c1ccc(N2CCOCC2)c([N+](=O)[O-])c1)N1N=C2/C(=C\c3ccco3)CCCC2C1c1ccco1. The van der Waals surface area contributed by atoms with Crippen molar-refractivity contribution in [3.8, 4) is 0 Å². The Bertz CT molecular complexity index is 1360. The van der Waals surface area contributed by atoms with Crippen LogP contribution in [0.4, 0.5) is 11.4 Å². The number of carbonyl (C=O) groups is 1. The summed E-state index contributed by atoms with van der Waals surface area (Å²) in [5.74, 6) is 0.910. The first kappa shape index (κ1) is 23.2. The van der Waals surface area contributed by atoms with E-state index in [0.29, 0.717) is 37.8 Å². The highest BCUT2D eigenvalue weighted by Crippen LogP contribution is 2.45. The number of hydrazone groups is 1. The Balaban J connectivity index is 1.38. The number of allylic oxidation sites excluding steroid dienone is 1. The van der Waals surface area contributed by atoms with Gasteiger partial charge in [0.05, 0.1) is 36.4 Å². The normalized spacial score (nSPS) is 22.7. The fraction of sp³-hybridized carbons (Fsp3) is 0.333. The molecule has 1 aromatic carbocycles. The maximum atomic E-state index is 13.9. The third kappa shape index (κ3) is 4.33. The van der Waals surface area contributed by atoms with E-state index in [2.05, 4.69) is 0 Å². The van der Waals surface area contributed by atoms with Crippen molar-refractivity contribution in [3.05, 3.63) is 87.8 Å². The van der Waals surface area contributed by atoms with Crippen LogP contribution in [0.3, 0.4) is 0 Å². The summed E-state index contributed by atoms with van der Waals surface area (Å²) < 4.78 is 16.7. The molecule has 3 aliphatic rings. The van der Waals surface area contributed by atoms with Gasteiger partial charge in [-0.1, -0.05) is 0 Å². The third-order valence-electron chi connectivity index (χ3n) is 7.17. The zero-order chi connectivity index (χ0) is 25.4. The molecule has 2 aromatic heterocycles. The first-order valence-electron chi connectivity index (χ1n) is 12.4. The van der Waals surface area contributed by atoms with Gasteiger partial charge in [-0.2, -0.15) is 5.10 Å². The molecule has 0 N–H and O–H groups in total. The molecule has 0 spiro atoms. The number of morpholine rings is 1. The van der Waals surface area contributed by atoms with Gasteiger partial charge in [-0.3, -0.25) is 14.9 Å². The lowest BCUT2D eigenvalue weighted by Gasteiger charge is -2.29. The number of nitro groups is 1. The van der Waals surface area contributed by atoms with Gasteiger partial charge in [-0.15, -0.1) is 0 Å². The molecule has 2 aliphatic heterocycles. The van der Waals surface area contributed by atoms with Crippen molar-refractivity contribution in [2.45, 2.75) is 25.3 Å². The average molecular weight is 503 g/mol. The summed E-state index contributed by atoms with van der Waals surface area (Å²) in [4.78, 5) is 27.3. The largest absolute Gasteiger partial charge is 0.467 e. The molecule has 37 heavy (non-hydrogen) atoms. The van der Waals surface area contributed by atoms with Crippen LogP contribution >= 0.6 is 0 Å². The van der Waals surface area contributed by atoms with E-state index in [1.165, 1.54) is 11.1 Å². The predicted octanol–water partition coefficient (Wildman–Crippen LogP) is 5.05. The maximum absolute atomic E-state index is 13.9. The van der Waals surface area contributed by atoms with E-state index >= 15 is 0 Å². The van der Waals surface area contributed by atoms with E-state index in [0.717, 1.165) is 36.3 Å². The number of anilines is 1. The molecule has 10 nitrogen and oxygen atoms in total. The summed E-state index contributed by atoms with van der Waals surface area (Å²) >= 11 is 0. The average Bonchev–Trinajstić information content (AvgIpc) is 3.70. The number of nitro benzene ring substituents is 1. The van der Waals surface area contributed by atoms with Gasteiger partial charge in [0.15, 0.2) is 0 Å². The van der Waals surface area contributed by atoms with E-state index < -0.39 is 16.9 Å². The number of rotatable bonds is 5. The van der Waals surface area contributed by atoms with Gasteiger partial charge in [0.2, 0.25) is 0 Å². The summed E-state index contributed by atoms with van der Waals surface area (Å²) in [6, 6.07) is 11.6. The Morgan fingerprint density at radius 3 is 2.65 bits per heavy atom. The van der Waals surface area contributed by atoms with Crippen molar-refractivity contribution < 1.29 is 23.3 Å². The number of hydrogen-bond acceptors (Lipinski definition) is 8. The number of hydrogen-bond donors (Lipinski definition) is 0. The second-order valence-electron chi connectivity index (χ2n) is 9.34. The molecular formula is C27H26N4O6. The topological polar surface area (TPSA) is 115 Å². The van der Waals surface area contributed by atoms with Crippen LogP contribution in [0, 0.1) is 16.0 Å². The van der Waals surface area contributed by atoms with Crippen molar-refractivity contribution in [1.82, 2.24) is 5.01 Å². The molecule has 4 heterocycles. The van der Waals surface area contributed by atoms with Crippen LogP contribution in [0.1, 0.15) is 47.2 Å². The Morgan fingerprint density at radius 2 is 1.92 bits per heavy atom. The zero-order valence-electron chi connectivity index (χ0n) is 20.1. The smallest absolute Gasteiger partial charge is 0.293 e. The van der Waals surface area contributed by atoms with Crippen LogP contribution in [0.5, 0.6) is 0 Å². The van der Waals surface area contributed by atoms with Crippen LogP contribution in [0.15, 0.2) is 74.5 Å². The van der Waals surface area contributed by atoms with Crippen molar-refractivity contribution >= 4 is 29.1 Å². The minimum Gasteiger partial charge on any atom is -0.467 e. The van der Waals surface area contributed by atoms with Crippen molar-refractivity contribution in [3.63, 3.8) is 0 Å². The lowest BCUT2D eigenvalue weighted by Crippen LogP contribution is -2.36. The molecule has 2 unspecified atom stereocenters. The molecule has 0 radical (unpaired) electrons. The Morgan fingerprint density at radius 1 is 1.11 bits per heavy atom. The lowest BCUT2D eigenvalue weighted by molar-refractivity contribution is -0.384. The highest BCUT2D eigenvalue weighted by Gasteiger charge is 2.45. The van der Waals surface area contributed by atoms with Gasteiger partial charge >= 0.3 is 0 Å². The van der Waals surface area contributed by atoms with Gasteiger partial charge in [-0.05, 0) is 67.3 Å². The van der Waals surface area contributed by atoms with Crippen molar-refractivity contribution in [1.29, 1.82) is 0 Å². The highest BCUT2D eigenvalue weighted by molar-refractivity contribution is 6.09. The van der Waals surface area contributed by atoms with Crippen LogP contribution in [-0.2, 0) is 4.74 Å². The molecule has 2 fully saturated rings. The van der Waals surface area contributed by atoms with Crippen LogP contribution in [-0.4, -0.2) is 47.9 Å². The van der Waals surface area contributed by atoms with Gasteiger partial charge in [-0.25, -0.2) is 5.01 Å². The van der Waals surface area contributed by atoms with Crippen molar-refractivity contribution in [2.24, 2.45) is 11.0 Å². The first-order chi connectivity index (χ1) is 18.1. The summed E-state index contributed by atoms with van der Waals surface area (Å²) in [6.45, 7) is 2.12. The van der Waals surface area contributed by atoms with E-state index in [4.69, 9.17) is 18.7 Å². The number of ether oxygens (including phenoxy) is 1. The number of benzene rings is 1. The van der Waals surface area contributed by atoms with Gasteiger partial charge < -0.3 is 18.5 Å². The third-order valence-corrected chi connectivity index (χ3v) is 7.17. The van der Waals surface area contributed by atoms with E-state index in [9.17, 15) is 14.9 Å². The molecular weight excluding hydrogens is 476 g/mol. The van der Waals surface area contributed by atoms with Gasteiger partial charge in [0.1, 0.15) is 23.2 Å². The number of fused-ring (bicyclic) bond motifs is 1. The Labute approximate surface area is 212 Å². The van der Waals surface area contributed by atoms with Crippen LogP contribution < -0.4 is 4.90 Å². The minimum absolute atomic E-state index is 0.0485. The van der Waals surface area contributed by atoms with Crippen LogP contribution in [0.25, 0.3) is 6.08 Å². The van der Waals surface area contributed by atoms with Gasteiger partial charge in [0, 0.05) is 30.6 Å². The standard InChI is InChI=1S/C27H26N4O6/c32-27(19-8-9-22(23(17-19)31(33)34)29-10-14-35-15-11-29)30-26(24-7-3-13-37-24)21-6-1-4-18(25(21)28-30)16-20-5-2-12-36-20/h2-3,5,7-9,12-13,16-17,21,26H,1,4,6,10-11,14-15H2/b18-16-. The van der Waals surface area contributed by atoms with Crippen molar-refractivity contribution in [2.75, 3.05) is 31.2 Å². The summed E-state index contributed by atoms with van der Waals surface area (Å²) in [5, 5.41) is 18.2. The quantitative estimate of drug-likeness (QED) is 0.354. The number of furan rings is 2. The number of carbonyl (C=O) groups excluding carboxylic acids is 1. The molecule has 1 saturated carbocycles. The number of nitrogens with zero attached hydrogens (tertiary/aromatic N) is 4. The molecule has 1 amide bonds. The summed E-state index contributed by atoms with van der Waals surface area (Å²) in [5.41, 5.74) is 2.44. The number of amides is 1. The molecule has 190 valence electrons. The molecule has 1 saturated heterocycles. The molecule has 1 aliphatic carbocycles. The second-order valence-corrected chi connectivity index (χ2v) is 9.34. The van der Waals surface area contributed by atoms with Crippen LogP contribution in [0.2, 0.25) is 0 Å². The fourth-order valence-electron chi connectivity index (χ4n) is 5.46. The monoisotopic (exact) mass is 502 g/mol. The lowest BCUT2D eigenvalue weighted by atomic mass is 9.79. The molecule has 6 rings (SSSR count). The fourth-order valence-corrected chi connectivity index (χ4v) is 5.46. The Kier molecular flexibility index (Phi) is 6.09. The van der Waals surface area contributed by atoms with E-state index in [1.54, 1.807) is 30.7 Å². The zero-order valence-corrected chi connectivity index (χ0v) is 20.1. The first-order valence-corrected chi connectivity index (χ1v) is 12.4. The summed E-state index contributed by atoms with van der Waals surface area (Å²) in [6.07, 6.45) is 7.79. The van der Waals surface area contributed by atoms with E-state index in [-0.39, 0.29) is 17.2 Å². The Hall–Kier alpha value is -4.18. The second kappa shape index (κ2) is 9.70. The van der Waals surface area contributed by atoms with E-state index in [1.807, 2.05) is 29.2 Å². The maximum Gasteiger partial charge on any atom is 0.293 e. The minimum atomic E-state index is -0.439. The predicted molar refractivity (Wildman–Crippen MR) is 135 cm³/mol. The summed E-state index contributed by atoms with van der Waals surface area (Å²) in [7, 11) is 0. The molecule has 10 heteroatoms. The molecule has 2 atom stereocenters. The van der Waals surface area contributed by atoms with Gasteiger partial charge in [0.25, 0.3) is 11.6 Å². The molecule has 0 bridgehead atoms. The molecule has 3 aromatic rings.